The minimum atomic E-state index is -1.14. The fourth-order valence-electron chi connectivity index (χ4n) is 3.33. The maximum Gasteiger partial charge on any atom is 0.359 e. The summed E-state index contributed by atoms with van der Waals surface area (Å²) in [6, 6.07) is 6.61. The number of rotatable bonds is 5. The Kier molecular flexibility index (Phi) is 4.68. The average molecular weight is 400 g/mol. The zero-order chi connectivity index (χ0) is 19.8. The first-order valence-electron chi connectivity index (χ1n) is 8.60. The van der Waals surface area contributed by atoms with E-state index in [-0.39, 0.29) is 23.6 Å². The largest absolute Gasteiger partial charge is 0.417 e. The van der Waals surface area contributed by atoms with Crippen LogP contribution < -0.4 is 5.32 Å². The van der Waals surface area contributed by atoms with E-state index in [4.69, 9.17) is 9.47 Å². The molecule has 4 rings (SSSR count). The lowest BCUT2D eigenvalue weighted by Gasteiger charge is -2.35. The monoisotopic (exact) mass is 400 g/mol. The normalized spacial score (nSPS) is 22.7. The van der Waals surface area contributed by atoms with Crippen LogP contribution in [0.15, 0.2) is 46.5 Å². The van der Waals surface area contributed by atoms with Gasteiger partial charge in [0.05, 0.1) is 11.6 Å². The Morgan fingerprint density at radius 1 is 1.29 bits per heavy atom. The number of nitrogens with one attached hydrogen (secondary N) is 1. The lowest BCUT2D eigenvalue weighted by molar-refractivity contribution is -0.168. The minimum Gasteiger partial charge on any atom is -0.417 e. The lowest BCUT2D eigenvalue weighted by atomic mass is 10.0. The Labute approximate surface area is 164 Å². The summed E-state index contributed by atoms with van der Waals surface area (Å²) in [6.07, 6.45) is 1.24. The van der Waals surface area contributed by atoms with Crippen molar-refractivity contribution in [1.29, 1.82) is 0 Å². The van der Waals surface area contributed by atoms with Gasteiger partial charge < -0.3 is 19.7 Å². The summed E-state index contributed by atoms with van der Waals surface area (Å²) in [4.78, 5) is 49.8. The Morgan fingerprint density at radius 2 is 2.07 bits per heavy atom. The quantitative estimate of drug-likeness (QED) is 0.595. The predicted molar refractivity (Wildman–Crippen MR) is 98.1 cm³/mol. The zero-order valence-corrected chi connectivity index (χ0v) is 15.7. The second-order valence-corrected chi connectivity index (χ2v) is 7.45. The molecule has 9 heteroatoms. The van der Waals surface area contributed by atoms with Gasteiger partial charge in [0.25, 0.3) is 6.29 Å². The van der Waals surface area contributed by atoms with Crippen LogP contribution in [0.25, 0.3) is 0 Å². The molecule has 0 saturated carbocycles. The molecule has 1 N–H and O–H groups in total. The Hall–Kier alpha value is -3.07. The molecule has 144 valence electrons. The first-order valence-corrected chi connectivity index (χ1v) is 9.48. The van der Waals surface area contributed by atoms with Gasteiger partial charge in [-0.3, -0.25) is 9.59 Å². The zero-order valence-electron chi connectivity index (χ0n) is 14.8. The van der Waals surface area contributed by atoms with Gasteiger partial charge in [-0.1, -0.05) is 30.0 Å². The molecule has 1 fully saturated rings. The highest BCUT2D eigenvalue weighted by molar-refractivity contribution is 8.05. The van der Waals surface area contributed by atoms with Crippen molar-refractivity contribution in [2.75, 3.05) is 0 Å². The maximum atomic E-state index is 12.8. The molecule has 1 aromatic rings. The second-order valence-electron chi connectivity index (χ2n) is 6.45. The highest BCUT2D eigenvalue weighted by atomic mass is 32.2. The smallest absolute Gasteiger partial charge is 0.359 e. The van der Waals surface area contributed by atoms with Gasteiger partial charge in [-0.15, -0.1) is 0 Å². The van der Waals surface area contributed by atoms with E-state index in [2.05, 4.69) is 5.32 Å². The van der Waals surface area contributed by atoms with Crippen LogP contribution in [0, 0.1) is 0 Å². The van der Waals surface area contributed by atoms with E-state index in [1.807, 2.05) is 0 Å². The van der Waals surface area contributed by atoms with Crippen LogP contribution in [0.5, 0.6) is 0 Å². The standard InChI is InChI=1S/C19H16N2O6S/c1-10(22)20-6-7-28-14-8-11-9-15(23)21(11)16(14)18(25)27-19-13-5-3-2-4-12(13)17(24)26-19/h2-7,11,19H,8-9H2,1H3,(H,20,22)/b7-6+. The summed E-state index contributed by atoms with van der Waals surface area (Å²) in [5, 5.41) is 4.15. The van der Waals surface area contributed by atoms with Crippen LogP contribution in [0.1, 0.15) is 42.0 Å². The molecule has 0 spiro atoms. The summed E-state index contributed by atoms with van der Waals surface area (Å²) >= 11 is 1.24. The Bertz CT molecular complexity index is 953. The molecule has 2 atom stereocenters. The molecule has 3 aliphatic rings. The first-order chi connectivity index (χ1) is 13.5. The van der Waals surface area contributed by atoms with Gasteiger partial charge in [0.2, 0.25) is 11.8 Å². The van der Waals surface area contributed by atoms with Crippen molar-refractivity contribution < 1.29 is 28.7 Å². The first kappa shape index (κ1) is 18.3. The second kappa shape index (κ2) is 7.16. The summed E-state index contributed by atoms with van der Waals surface area (Å²) in [5.41, 5.74) is 0.997. The van der Waals surface area contributed by atoms with Crippen molar-refractivity contribution >= 4 is 35.5 Å². The van der Waals surface area contributed by atoms with E-state index >= 15 is 0 Å². The number of carbonyl (C=O) groups excluding carboxylic acids is 4. The van der Waals surface area contributed by atoms with E-state index in [9.17, 15) is 19.2 Å². The predicted octanol–water partition coefficient (Wildman–Crippen LogP) is 1.96. The van der Waals surface area contributed by atoms with E-state index in [1.165, 1.54) is 29.8 Å². The van der Waals surface area contributed by atoms with Crippen molar-refractivity contribution in [3.63, 3.8) is 0 Å². The number of benzene rings is 1. The van der Waals surface area contributed by atoms with E-state index in [1.54, 1.807) is 29.7 Å². The topological polar surface area (TPSA) is 102 Å². The maximum absolute atomic E-state index is 12.8. The molecule has 0 radical (unpaired) electrons. The summed E-state index contributed by atoms with van der Waals surface area (Å²) in [5.74, 6) is -1.64. The van der Waals surface area contributed by atoms with E-state index < -0.39 is 18.2 Å². The van der Waals surface area contributed by atoms with Crippen LogP contribution in [-0.4, -0.2) is 34.7 Å². The summed E-state index contributed by atoms with van der Waals surface area (Å²) in [6.45, 7) is 1.39. The number of fused-ring (bicyclic) bond motifs is 2. The molecular weight excluding hydrogens is 384 g/mol. The van der Waals surface area contributed by atoms with Crippen LogP contribution in [0.2, 0.25) is 0 Å². The van der Waals surface area contributed by atoms with Crippen molar-refractivity contribution in [2.24, 2.45) is 0 Å². The third kappa shape index (κ3) is 3.18. The van der Waals surface area contributed by atoms with Crippen molar-refractivity contribution in [1.82, 2.24) is 10.2 Å². The molecule has 1 saturated heterocycles. The van der Waals surface area contributed by atoms with Crippen LogP contribution in [-0.2, 0) is 23.9 Å². The fourth-order valence-corrected chi connectivity index (χ4v) is 4.22. The average Bonchev–Trinajstić information content (AvgIpc) is 3.13. The summed E-state index contributed by atoms with van der Waals surface area (Å²) < 4.78 is 10.6. The lowest BCUT2D eigenvalue weighted by Crippen LogP contribution is -2.49. The number of esters is 2. The highest BCUT2D eigenvalue weighted by Crippen LogP contribution is 2.44. The van der Waals surface area contributed by atoms with Crippen LogP contribution in [0.3, 0.4) is 0 Å². The number of nitrogens with zero attached hydrogens (tertiary/aromatic N) is 1. The van der Waals surface area contributed by atoms with Gasteiger partial charge >= 0.3 is 11.9 Å². The van der Waals surface area contributed by atoms with Crippen LogP contribution in [0.4, 0.5) is 0 Å². The molecule has 3 heterocycles. The SMILES string of the molecule is CC(=O)N/C=C/SC1=C(C(=O)OC2OC(=O)c3ccccc32)N2C(=O)CC2C1. The van der Waals surface area contributed by atoms with E-state index in [0.29, 0.717) is 28.9 Å². The highest BCUT2D eigenvalue weighted by Gasteiger charge is 2.49. The molecule has 0 bridgehead atoms. The number of carbonyl (C=O) groups is 4. The van der Waals surface area contributed by atoms with Gasteiger partial charge in [-0.05, 0) is 11.5 Å². The van der Waals surface area contributed by atoms with E-state index in [0.717, 1.165) is 0 Å². The third-order valence-electron chi connectivity index (χ3n) is 4.59. The number of cyclic esters (lactones) is 1. The van der Waals surface area contributed by atoms with Gasteiger partial charge in [0.15, 0.2) is 0 Å². The van der Waals surface area contributed by atoms with Gasteiger partial charge in [-0.25, -0.2) is 9.59 Å². The molecule has 2 unspecified atom stereocenters. The summed E-state index contributed by atoms with van der Waals surface area (Å²) in [7, 11) is 0. The number of β-lactam (4-membered cyclic amide) rings is 1. The molecule has 0 aliphatic carbocycles. The van der Waals surface area contributed by atoms with Crippen LogP contribution >= 0.6 is 11.8 Å². The number of ether oxygens (including phenoxy) is 2. The number of thioether (sulfide) groups is 1. The van der Waals surface area contributed by atoms with Crippen molar-refractivity contribution in [2.45, 2.75) is 32.1 Å². The molecule has 2 amide bonds. The molecular formula is C19H16N2O6S. The molecule has 28 heavy (non-hydrogen) atoms. The van der Waals surface area contributed by atoms with Gasteiger partial charge in [0, 0.05) is 36.4 Å². The molecule has 3 aliphatic heterocycles. The Morgan fingerprint density at radius 3 is 2.82 bits per heavy atom. The van der Waals surface area contributed by atoms with Crippen molar-refractivity contribution in [3.05, 3.63) is 57.6 Å². The Balaban J connectivity index is 1.54. The molecule has 0 aromatic heterocycles. The fraction of sp³-hybridized carbons (Fsp3) is 0.263. The molecule has 1 aromatic carbocycles. The molecule has 8 nitrogen and oxygen atoms in total. The van der Waals surface area contributed by atoms with Crippen molar-refractivity contribution in [3.8, 4) is 0 Å². The minimum absolute atomic E-state index is 0.0647. The number of hydrogen-bond donors (Lipinski definition) is 1. The van der Waals surface area contributed by atoms with Gasteiger partial charge in [0.1, 0.15) is 5.70 Å². The third-order valence-corrected chi connectivity index (χ3v) is 5.51. The number of hydrogen-bond acceptors (Lipinski definition) is 7. The van der Waals surface area contributed by atoms with Gasteiger partial charge in [-0.2, -0.15) is 0 Å². The number of amides is 2.